The van der Waals surface area contributed by atoms with E-state index in [0.717, 1.165) is 27.7 Å². The highest BCUT2D eigenvalue weighted by molar-refractivity contribution is 7.99. The summed E-state index contributed by atoms with van der Waals surface area (Å²) >= 11 is 1.46. The normalized spacial score (nSPS) is 10.8. The summed E-state index contributed by atoms with van der Waals surface area (Å²) in [6.45, 7) is 2.67. The van der Waals surface area contributed by atoms with E-state index in [4.69, 9.17) is 5.73 Å². The zero-order chi connectivity index (χ0) is 12.3. The van der Waals surface area contributed by atoms with Gasteiger partial charge in [-0.05, 0) is 53.2 Å². The van der Waals surface area contributed by atoms with Crippen LogP contribution in [0.3, 0.4) is 0 Å². The molecule has 0 aliphatic heterocycles. The van der Waals surface area contributed by atoms with Gasteiger partial charge >= 0.3 is 0 Å². The van der Waals surface area contributed by atoms with Crippen molar-refractivity contribution in [3.05, 3.63) is 23.4 Å². The number of aryl methyl sites for hydroxylation is 2. The van der Waals surface area contributed by atoms with E-state index in [2.05, 4.69) is 26.6 Å². The van der Waals surface area contributed by atoms with Crippen LogP contribution in [0.2, 0.25) is 0 Å². The van der Waals surface area contributed by atoms with Gasteiger partial charge in [0, 0.05) is 13.2 Å². The number of tetrazole rings is 1. The lowest BCUT2D eigenvalue weighted by Gasteiger charge is -2.05. The van der Waals surface area contributed by atoms with Crippen molar-refractivity contribution in [3.63, 3.8) is 0 Å². The first kappa shape index (κ1) is 12.0. The lowest BCUT2D eigenvalue weighted by molar-refractivity contribution is 0.664. The SMILES string of the molecule is Cc1cc(CCN)cnc1Sc1nnnn1C. The van der Waals surface area contributed by atoms with E-state index in [1.54, 1.807) is 11.7 Å². The van der Waals surface area contributed by atoms with Gasteiger partial charge < -0.3 is 5.73 Å². The summed E-state index contributed by atoms with van der Waals surface area (Å²) in [6.07, 6.45) is 2.70. The highest BCUT2D eigenvalue weighted by Gasteiger charge is 2.08. The monoisotopic (exact) mass is 250 g/mol. The molecule has 0 unspecified atom stereocenters. The Bertz CT molecular complexity index is 509. The first-order chi connectivity index (χ1) is 8.20. The van der Waals surface area contributed by atoms with Gasteiger partial charge in [0.15, 0.2) is 0 Å². The molecule has 17 heavy (non-hydrogen) atoms. The molecule has 0 aliphatic rings. The quantitative estimate of drug-likeness (QED) is 0.854. The average molecular weight is 250 g/mol. The molecule has 2 aromatic heterocycles. The van der Waals surface area contributed by atoms with Crippen LogP contribution in [0.25, 0.3) is 0 Å². The topological polar surface area (TPSA) is 82.5 Å². The molecule has 2 aromatic rings. The summed E-state index contributed by atoms with van der Waals surface area (Å²) in [7, 11) is 1.81. The third-order valence-electron chi connectivity index (χ3n) is 2.29. The van der Waals surface area contributed by atoms with E-state index >= 15 is 0 Å². The third kappa shape index (κ3) is 2.80. The summed E-state index contributed by atoms with van der Waals surface area (Å²) in [5, 5.41) is 12.9. The molecular weight excluding hydrogens is 236 g/mol. The second kappa shape index (κ2) is 5.24. The van der Waals surface area contributed by atoms with Gasteiger partial charge in [0.25, 0.3) is 0 Å². The van der Waals surface area contributed by atoms with Crippen molar-refractivity contribution >= 4 is 11.8 Å². The Kier molecular flexibility index (Phi) is 3.70. The number of pyridine rings is 1. The molecule has 2 N–H and O–H groups in total. The number of nitrogens with zero attached hydrogens (tertiary/aromatic N) is 5. The van der Waals surface area contributed by atoms with Crippen LogP contribution in [0.4, 0.5) is 0 Å². The van der Waals surface area contributed by atoms with Gasteiger partial charge in [-0.15, -0.1) is 5.10 Å². The highest BCUT2D eigenvalue weighted by atomic mass is 32.2. The minimum absolute atomic E-state index is 0.640. The fourth-order valence-electron chi connectivity index (χ4n) is 1.42. The molecule has 2 rings (SSSR count). The van der Waals surface area contributed by atoms with Crippen LogP contribution in [-0.4, -0.2) is 31.7 Å². The average Bonchev–Trinajstić information content (AvgIpc) is 2.69. The third-order valence-corrected chi connectivity index (χ3v) is 3.44. The van der Waals surface area contributed by atoms with Gasteiger partial charge in [-0.1, -0.05) is 6.07 Å². The van der Waals surface area contributed by atoms with Crippen molar-refractivity contribution in [3.8, 4) is 0 Å². The number of hydrogen-bond acceptors (Lipinski definition) is 6. The number of hydrogen-bond donors (Lipinski definition) is 1. The van der Waals surface area contributed by atoms with Gasteiger partial charge in [0.2, 0.25) is 5.16 Å². The highest BCUT2D eigenvalue weighted by Crippen LogP contribution is 2.26. The van der Waals surface area contributed by atoms with Crippen LogP contribution in [0, 0.1) is 6.92 Å². The second-order valence-electron chi connectivity index (χ2n) is 3.69. The molecule has 0 saturated carbocycles. The number of aromatic nitrogens is 5. The number of rotatable bonds is 4. The maximum atomic E-state index is 5.52. The van der Waals surface area contributed by atoms with Crippen LogP contribution in [0.1, 0.15) is 11.1 Å². The van der Waals surface area contributed by atoms with Crippen LogP contribution in [0.15, 0.2) is 22.4 Å². The maximum Gasteiger partial charge on any atom is 0.215 e. The predicted octanol–water partition coefficient (Wildman–Crippen LogP) is 0.566. The van der Waals surface area contributed by atoms with Gasteiger partial charge in [-0.3, -0.25) is 0 Å². The molecule has 0 saturated heterocycles. The molecule has 0 fully saturated rings. The maximum absolute atomic E-state index is 5.52. The molecule has 0 radical (unpaired) electrons. The lowest BCUT2D eigenvalue weighted by atomic mass is 10.2. The Labute approximate surface area is 104 Å². The van der Waals surface area contributed by atoms with Crippen molar-refractivity contribution in [1.82, 2.24) is 25.2 Å². The minimum atomic E-state index is 0.640. The van der Waals surface area contributed by atoms with Gasteiger partial charge in [-0.2, -0.15) is 0 Å². The van der Waals surface area contributed by atoms with E-state index in [1.165, 1.54) is 11.8 Å². The minimum Gasteiger partial charge on any atom is -0.330 e. The van der Waals surface area contributed by atoms with Gasteiger partial charge in [0.05, 0.1) is 0 Å². The standard InChI is InChI=1S/C10H14N6S/c1-7-5-8(3-4-11)6-12-9(7)17-10-13-14-15-16(10)2/h5-6H,3-4,11H2,1-2H3. The Morgan fingerprint density at radius 3 is 2.88 bits per heavy atom. The van der Waals surface area contributed by atoms with Crippen molar-refractivity contribution in [2.45, 2.75) is 23.5 Å². The Morgan fingerprint density at radius 2 is 2.29 bits per heavy atom. The molecule has 0 spiro atoms. The molecule has 0 bridgehead atoms. The Morgan fingerprint density at radius 1 is 1.47 bits per heavy atom. The van der Waals surface area contributed by atoms with E-state index in [0.29, 0.717) is 6.54 Å². The molecule has 0 aromatic carbocycles. The van der Waals surface area contributed by atoms with Gasteiger partial charge in [0.1, 0.15) is 5.03 Å². The Hall–Kier alpha value is -1.47. The summed E-state index contributed by atoms with van der Waals surface area (Å²) in [4.78, 5) is 4.41. The summed E-state index contributed by atoms with van der Waals surface area (Å²) < 4.78 is 1.62. The van der Waals surface area contributed by atoms with E-state index in [-0.39, 0.29) is 0 Å². The second-order valence-corrected chi connectivity index (χ2v) is 4.65. The molecule has 90 valence electrons. The zero-order valence-electron chi connectivity index (χ0n) is 9.79. The molecule has 7 heteroatoms. The van der Waals surface area contributed by atoms with E-state index < -0.39 is 0 Å². The Balaban J connectivity index is 2.19. The van der Waals surface area contributed by atoms with Crippen molar-refractivity contribution in [1.29, 1.82) is 0 Å². The first-order valence-electron chi connectivity index (χ1n) is 5.26. The zero-order valence-corrected chi connectivity index (χ0v) is 10.6. The predicted molar refractivity (Wildman–Crippen MR) is 64.7 cm³/mol. The summed E-state index contributed by atoms with van der Waals surface area (Å²) in [6, 6.07) is 2.10. The van der Waals surface area contributed by atoms with E-state index in [1.807, 2.05) is 13.1 Å². The first-order valence-corrected chi connectivity index (χ1v) is 6.08. The van der Waals surface area contributed by atoms with E-state index in [9.17, 15) is 0 Å². The fraction of sp³-hybridized carbons (Fsp3) is 0.400. The van der Waals surface area contributed by atoms with Crippen LogP contribution < -0.4 is 5.73 Å². The van der Waals surface area contributed by atoms with Crippen molar-refractivity contribution in [2.24, 2.45) is 12.8 Å². The smallest absolute Gasteiger partial charge is 0.215 e. The lowest BCUT2D eigenvalue weighted by Crippen LogP contribution is -2.03. The molecule has 0 amide bonds. The summed E-state index contributed by atoms with van der Waals surface area (Å²) in [5.41, 5.74) is 7.79. The molecule has 0 aliphatic carbocycles. The van der Waals surface area contributed by atoms with Gasteiger partial charge in [-0.25, -0.2) is 9.67 Å². The molecule has 6 nitrogen and oxygen atoms in total. The molecule has 0 atom stereocenters. The van der Waals surface area contributed by atoms with Crippen LogP contribution in [-0.2, 0) is 13.5 Å². The van der Waals surface area contributed by atoms with Crippen LogP contribution >= 0.6 is 11.8 Å². The number of nitrogens with two attached hydrogens (primary N) is 1. The largest absolute Gasteiger partial charge is 0.330 e. The van der Waals surface area contributed by atoms with Crippen molar-refractivity contribution in [2.75, 3.05) is 6.54 Å². The molecule has 2 heterocycles. The van der Waals surface area contributed by atoms with Crippen LogP contribution in [0.5, 0.6) is 0 Å². The van der Waals surface area contributed by atoms with Crippen molar-refractivity contribution < 1.29 is 0 Å². The molecular formula is C10H14N6S. The summed E-state index contributed by atoms with van der Waals surface area (Å²) in [5.74, 6) is 0. The fourth-order valence-corrected chi connectivity index (χ4v) is 2.17.